The van der Waals surface area contributed by atoms with Crippen molar-refractivity contribution in [2.45, 2.75) is 12.8 Å². The van der Waals surface area contributed by atoms with Crippen LogP contribution in [0.25, 0.3) is 0 Å². The van der Waals surface area contributed by atoms with Crippen LogP contribution in [0.1, 0.15) is 12.8 Å². The van der Waals surface area contributed by atoms with Gasteiger partial charge in [0.05, 0.1) is 19.2 Å². The first kappa shape index (κ1) is 9.67. The second-order valence-corrected chi connectivity index (χ2v) is 3.85. The molecule has 0 N–H and O–H groups in total. The molecule has 0 aromatic heterocycles. The van der Waals surface area contributed by atoms with Crippen molar-refractivity contribution in [1.29, 1.82) is 10.5 Å². The van der Waals surface area contributed by atoms with Crippen molar-refractivity contribution in [1.82, 2.24) is 0 Å². The summed E-state index contributed by atoms with van der Waals surface area (Å²) in [6.45, 7) is 0. The Balaban J connectivity index is 2.54. The number of fused-ring (bicyclic) bond motifs is 1. The first-order chi connectivity index (χ1) is 7.11. The van der Waals surface area contributed by atoms with Crippen LogP contribution in [0.15, 0.2) is 0 Å². The maximum atomic E-state index is 11.7. The van der Waals surface area contributed by atoms with Crippen LogP contribution < -0.4 is 0 Å². The lowest BCUT2D eigenvalue weighted by atomic mass is 9.89. The predicted molar refractivity (Wildman–Crippen MR) is 45.8 cm³/mol. The van der Waals surface area contributed by atoms with Gasteiger partial charge in [-0.05, 0) is 6.42 Å². The lowest BCUT2D eigenvalue weighted by Gasteiger charge is -2.11. The molecule has 0 aliphatic heterocycles. The number of nitriles is 2. The van der Waals surface area contributed by atoms with E-state index in [0.29, 0.717) is 6.42 Å². The topological polar surface area (TPSA) is 90.9 Å². The van der Waals surface area contributed by atoms with Crippen molar-refractivity contribution in [3.8, 4) is 12.1 Å². The predicted octanol–water partition coefficient (Wildman–Crippen LogP) is 0.172. The molecule has 0 heterocycles. The van der Waals surface area contributed by atoms with Crippen LogP contribution in [0.3, 0.4) is 0 Å². The highest BCUT2D eigenvalue weighted by molar-refractivity contribution is 6.12. The van der Waals surface area contributed by atoms with Gasteiger partial charge in [0.1, 0.15) is 0 Å². The van der Waals surface area contributed by atoms with Gasteiger partial charge in [-0.3, -0.25) is 9.59 Å². The zero-order valence-corrected chi connectivity index (χ0v) is 8.11. The van der Waals surface area contributed by atoms with Crippen molar-refractivity contribution in [2.75, 3.05) is 7.11 Å². The van der Waals surface area contributed by atoms with Crippen molar-refractivity contribution in [3.63, 3.8) is 0 Å². The number of methoxy groups -OCH3 is 1. The number of nitrogens with zero attached hydrogens (tertiary/aromatic N) is 2. The fourth-order valence-corrected chi connectivity index (χ4v) is 2.81. The van der Waals surface area contributed by atoms with E-state index in [9.17, 15) is 9.59 Å². The van der Waals surface area contributed by atoms with Gasteiger partial charge in [-0.1, -0.05) is 0 Å². The second-order valence-electron chi connectivity index (χ2n) is 3.85. The fourth-order valence-electron chi connectivity index (χ4n) is 2.81. The van der Waals surface area contributed by atoms with Crippen molar-refractivity contribution < 1.29 is 14.3 Å². The molecule has 2 rings (SSSR count). The molecule has 2 atom stereocenters. The van der Waals surface area contributed by atoms with Crippen LogP contribution in [0.4, 0.5) is 0 Å². The van der Waals surface area contributed by atoms with E-state index in [1.807, 2.05) is 12.1 Å². The first-order valence-corrected chi connectivity index (χ1v) is 4.56. The minimum absolute atomic E-state index is 0.255. The highest BCUT2D eigenvalue weighted by Crippen LogP contribution is 2.75. The van der Waals surface area contributed by atoms with Gasteiger partial charge in [0, 0.05) is 12.3 Å². The Bertz CT molecular complexity index is 429. The molecule has 2 saturated carbocycles. The number of hydrogen-bond acceptors (Lipinski definition) is 5. The fraction of sp³-hybridized carbons (Fsp3) is 0.600. The van der Waals surface area contributed by atoms with E-state index < -0.39 is 22.7 Å². The highest BCUT2D eigenvalue weighted by Gasteiger charge is 2.89. The van der Waals surface area contributed by atoms with Crippen LogP contribution in [0.2, 0.25) is 0 Å². The summed E-state index contributed by atoms with van der Waals surface area (Å²) in [5, 5.41) is 17.9. The maximum absolute atomic E-state index is 11.7. The maximum Gasteiger partial charge on any atom is 0.322 e. The number of ketones is 1. The lowest BCUT2D eigenvalue weighted by Crippen LogP contribution is -2.31. The summed E-state index contributed by atoms with van der Waals surface area (Å²) in [4.78, 5) is 23.2. The smallest absolute Gasteiger partial charge is 0.322 e. The molecule has 0 aromatic rings. The summed E-state index contributed by atoms with van der Waals surface area (Å²) in [5.41, 5.74) is -2.96. The molecule has 0 aromatic carbocycles. The molecule has 0 radical (unpaired) electrons. The molecule has 76 valence electrons. The summed E-state index contributed by atoms with van der Waals surface area (Å²) >= 11 is 0. The monoisotopic (exact) mass is 204 g/mol. The molecule has 2 aliphatic rings. The highest BCUT2D eigenvalue weighted by atomic mass is 16.5. The Morgan fingerprint density at radius 2 is 2.13 bits per heavy atom. The molecular formula is C10H8N2O3. The summed E-state index contributed by atoms with van der Waals surface area (Å²) < 4.78 is 4.55. The number of ether oxygens (including phenoxy) is 1. The van der Waals surface area contributed by atoms with Crippen molar-refractivity contribution in [3.05, 3.63) is 0 Å². The van der Waals surface area contributed by atoms with Crippen LogP contribution >= 0.6 is 0 Å². The third-order valence-corrected chi connectivity index (χ3v) is 3.54. The van der Waals surface area contributed by atoms with E-state index in [0.717, 1.165) is 7.11 Å². The SMILES string of the molecule is COC(=O)C12C(=O)CCC1C2(C#N)C#N. The summed E-state index contributed by atoms with van der Waals surface area (Å²) in [7, 11) is 1.16. The molecule has 2 fully saturated rings. The Morgan fingerprint density at radius 3 is 2.53 bits per heavy atom. The molecule has 15 heavy (non-hydrogen) atoms. The zero-order chi connectivity index (χ0) is 11.3. The quantitative estimate of drug-likeness (QED) is 0.448. The van der Waals surface area contributed by atoms with Crippen LogP contribution in [0.5, 0.6) is 0 Å². The van der Waals surface area contributed by atoms with E-state index in [4.69, 9.17) is 10.5 Å². The molecule has 2 unspecified atom stereocenters. The second kappa shape index (κ2) is 2.58. The van der Waals surface area contributed by atoms with Gasteiger partial charge in [0.25, 0.3) is 0 Å². The average Bonchev–Trinajstić information content (AvgIpc) is 2.73. The number of carbonyl (C=O) groups excluding carboxylic acids is 2. The third-order valence-electron chi connectivity index (χ3n) is 3.54. The van der Waals surface area contributed by atoms with E-state index >= 15 is 0 Å². The van der Waals surface area contributed by atoms with Gasteiger partial charge >= 0.3 is 5.97 Å². The van der Waals surface area contributed by atoms with Gasteiger partial charge in [0.15, 0.2) is 16.6 Å². The Hall–Kier alpha value is -1.88. The minimum atomic E-state index is -1.48. The average molecular weight is 204 g/mol. The number of rotatable bonds is 1. The van der Waals surface area contributed by atoms with Gasteiger partial charge < -0.3 is 4.74 Å². The summed E-state index contributed by atoms with van der Waals surface area (Å²) in [5.74, 6) is -1.54. The number of esters is 1. The van der Waals surface area contributed by atoms with Crippen LogP contribution in [-0.4, -0.2) is 18.9 Å². The number of Topliss-reactive ketones (excluding diaryl/α,β-unsaturated/α-hetero) is 1. The number of carbonyl (C=O) groups is 2. The van der Waals surface area contributed by atoms with Crippen molar-refractivity contribution >= 4 is 11.8 Å². The van der Waals surface area contributed by atoms with E-state index in [1.165, 1.54) is 0 Å². The standard InChI is InChI=1S/C10H8N2O3/c1-15-8(14)10-6(2-3-7(10)13)9(10,4-11)5-12/h6H,2-3H2,1H3. The van der Waals surface area contributed by atoms with E-state index in [1.54, 1.807) is 0 Å². The zero-order valence-electron chi connectivity index (χ0n) is 8.11. The Kier molecular flexibility index (Phi) is 1.66. The largest absolute Gasteiger partial charge is 0.468 e. The normalized spacial score (nSPS) is 34.9. The van der Waals surface area contributed by atoms with Gasteiger partial charge in [0.2, 0.25) is 0 Å². The van der Waals surface area contributed by atoms with Crippen LogP contribution in [-0.2, 0) is 14.3 Å². The molecule has 0 bridgehead atoms. The lowest BCUT2D eigenvalue weighted by molar-refractivity contribution is -0.151. The number of hydrogen-bond donors (Lipinski definition) is 0. The summed E-state index contributed by atoms with van der Waals surface area (Å²) in [6.07, 6.45) is 0.680. The van der Waals surface area contributed by atoms with Crippen molar-refractivity contribution in [2.24, 2.45) is 16.7 Å². The third kappa shape index (κ3) is 0.700. The minimum Gasteiger partial charge on any atom is -0.468 e. The molecule has 2 aliphatic carbocycles. The Labute approximate surface area is 86.2 Å². The molecule has 0 spiro atoms. The van der Waals surface area contributed by atoms with E-state index in [-0.39, 0.29) is 12.2 Å². The molecule has 0 saturated heterocycles. The van der Waals surface area contributed by atoms with Gasteiger partial charge in [-0.2, -0.15) is 10.5 Å². The van der Waals surface area contributed by atoms with Gasteiger partial charge in [-0.25, -0.2) is 0 Å². The Morgan fingerprint density at radius 1 is 1.53 bits per heavy atom. The first-order valence-electron chi connectivity index (χ1n) is 4.56. The van der Waals surface area contributed by atoms with E-state index in [2.05, 4.69) is 4.74 Å². The molecule has 5 heteroatoms. The van der Waals surface area contributed by atoms with Crippen LogP contribution in [0, 0.1) is 39.4 Å². The molecular weight excluding hydrogens is 196 g/mol. The summed E-state index contributed by atoms with van der Waals surface area (Å²) in [6, 6.07) is 3.62. The molecule has 0 amide bonds. The van der Waals surface area contributed by atoms with Gasteiger partial charge in [-0.15, -0.1) is 0 Å². The molecule has 5 nitrogen and oxygen atoms in total.